The van der Waals surface area contributed by atoms with Gasteiger partial charge in [-0.2, -0.15) is 0 Å². The highest BCUT2D eigenvalue weighted by atomic mass is 14.9. The van der Waals surface area contributed by atoms with Gasteiger partial charge in [-0.05, 0) is 31.7 Å². The minimum Gasteiger partial charge on any atom is -0.329 e. The third-order valence-electron chi connectivity index (χ3n) is 2.10. The van der Waals surface area contributed by atoms with E-state index in [1.54, 1.807) is 0 Å². The van der Waals surface area contributed by atoms with E-state index in [1.807, 2.05) is 0 Å². The Labute approximate surface area is 63.2 Å². The van der Waals surface area contributed by atoms with Gasteiger partial charge in [0.2, 0.25) is 0 Å². The third-order valence-corrected chi connectivity index (χ3v) is 2.10. The standard InChI is InChI=1S/C8H18N2/c1-2-5-10-8(6-9)7-3-4-7/h7-8,10H,2-6,9H2,1H3. The lowest BCUT2D eigenvalue weighted by molar-refractivity contribution is 0.470. The van der Waals surface area contributed by atoms with E-state index < -0.39 is 0 Å². The molecule has 1 unspecified atom stereocenters. The summed E-state index contributed by atoms with van der Waals surface area (Å²) >= 11 is 0. The Balaban J connectivity index is 2.07. The molecule has 0 aliphatic heterocycles. The fraction of sp³-hybridized carbons (Fsp3) is 1.00. The Morgan fingerprint density at radius 2 is 2.30 bits per heavy atom. The Morgan fingerprint density at radius 1 is 1.60 bits per heavy atom. The van der Waals surface area contributed by atoms with E-state index in [0.29, 0.717) is 6.04 Å². The van der Waals surface area contributed by atoms with E-state index in [1.165, 1.54) is 19.3 Å². The highest BCUT2D eigenvalue weighted by Crippen LogP contribution is 2.31. The van der Waals surface area contributed by atoms with Crippen molar-refractivity contribution in [3.63, 3.8) is 0 Å². The maximum Gasteiger partial charge on any atom is 0.0218 e. The summed E-state index contributed by atoms with van der Waals surface area (Å²) in [6.45, 7) is 4.12. The summed E-state index contributed by atoms with van der Waals surface area (Å²) < 4.78 is 0. The molecule has 1 aliphatic rings. The zero-order chi connectivity index (χ0) is 7.40. The SMILES string of the molecule is CCCNC(CN)C1CC1. The summed E-state index contributed by atoms with van der Waals surface area (Å²) in [4.78, 5) is 0. The van der Waals surface area contributed by atoms with Crippen LogP contribution in [0.1, 0.15) is 26.2 Å². The van der Waals surface area contributed by atoms with Crippen LogP contribution in [-0.2, 0) is 0 Å². The van der Waals surface area contributed by atoms with Gasteiger partial charge in [0.05, 0.1) is 0 Å². The highest BCUT2D eigenvalue weighted by Gasteiger charge is 2.29. The summed E-state index contributed by atoms with van der Waals surface area (Å²) in [6.07, 6.45) is 3.99. The molecular formula is C8H18N2. The minimum absolute atomic E-state index is 0.611. The second-order valence-electron chi connectivity index (χ2n) is 3.13. The first-order valence-corrected chi connectivity index (χ1v) is 4.32. The number of hydrogen-bond donors (Lipinski definition) is 2. The molecular weight excluding hydrogens is 124 g/mol. The van der Waals surface area contributed by atoms with Gasteiger partial charge in [0.25, 0.3) is 0 Å². The summed E-state index contributed by atoms with van der Waals surface area (Å²) in [5.41, 5.74) is 5.59. The second kappa shape index (κ2) is 3.94. The minimum atomic E-state index is 0.611. The van der Waals surface area contributed by atoms with Crippen molar-refractivity contribution in [1.82, 2.24) is 5.32 Å². The monoisotopic (exact) mass is 142 g/mol. The molecule has 60 valence electrons. The smallest absolute Gasteiger partial charge is 0.0218 e. The number of hydrogen-bond acceptors (Lipinski definition) is 2. The van der Waals surface area contributed by atoms with Gasteiger partial charge >= 0.3 is 0 Å². The van der Waals surface area contributed by atoms with E-state index in [0.717, 1.165) is 19.0 Å². The van der Waals surface area contributed by atoms with Crippen molar-refractivity contribution in [2.45, 2.75) is 32.2 Å². The normalized spacial score (nSPS) is 21.0. The fourth-order valence-electron chi connectivity index (χ4n) is 1.27. The van der Waals surface area contributed by atoms with Crippen molar-refractivity contribution in [2.75, 3.05) is 13.1 Å². The van der Waals surface area contributed by atoms with Crippen LogP contribution in [0.2, 0.25) is 0 Å². The van der Waals surface area contributed by atoms with Gasteiger partial charge in [-0.15, -0.1) is 0 Å². The molecule has 0 amide bonds. The van der Waals surface area contributed by atoms with Crippen LogP contribution in [0.25, 0.3) is 0 Å². The largest absolute Gasteiger partial charge is 0.329 e. The van der Waals surface area contributed by atoms with Crippen molar-refractivity contribution in [2.24, 2.45) is 11.7 Å². The van der Waals surface area contributed by atoms with Gasteiger partial charge in [-0.1, -0.05) is 6.92 Å². The molecule has 0 heterocycles. The van der Waals surface area contributed by atoms with Crippen LogP contribution in [0.5, 0.6) is 0 Å². The number of rotatable bonds is 5. The molecule has 0 spiro atoms. The Bertz CT molecular complexity index is 89.3. The van der Waals surface area contributed by atoms with Crippen molar-refractivity contribution in [1.29, 1.82) is 0 Å². The first-order chi connectivity index (χ1) is 4.88. The fourth-order valence-corrected chi connectivity index (χ4v) is 1.27. The van der Waals surface area contributed by atoms with Gasteiger partial charge < -0.3 is 11.1 Å². The maximum absolute atomic E-state index is 5.59. The molecule has 0 radical (unpaired) electrons. The summed E-state index contributed by atoms with van der Waals surface area (Å²) in [5.74, 6) is 0.900. The van der Waals surface area contributed by atoms with E-state index in [-0.39, 0.29) is 0 Å². The van der Waals surface area contributed by atoms with Crippen molar-refractivity contribution >= 4 is 0 Å². The van der Waals surface area contributed by atoms with Gasteiger partial charge in [0.1, 0.15) is 0 Å². The van der Waals surface area contributed by atoms with Gasteiger partial charge in [-0.3, -0.25) is 0 Å². The van der Waals surface area contributed by atoms with Gasteiger partial charge in [0, 0.05) is 12.6 Å². The number of nitrogens with one attached hydrogen (secondary N) is 1. The first kappa shape index (κ1) is 8.02. The predicted octanol–water partition coefficient (Wildman–Crippen LogP) is 0.723. The third kappa shape index (κ3) is 2.27. The van der Waals surface area contributed by atoms with Crippen LogP contribution in [0.4, 0.5) is 0 Å². The molecule has 10 heavy (non-hydrogen) atoms. The van der Waals surface area contributed by atoms with E-state index in [9.17, 15) is 0 Å². The lowest BCUT2D eigenvalue weighted by Gasteiger charge is -2.14. The quantitative estimate of drug-likeness (QED) is 0.593. The Morgan fingerprint density at radius 3 is 2.70 bits per heavy atom. The number of nitrogens with two attached hydrogens (primary N) is 1. The van der Waals surface area contributed by atoms with Gasteiger partial charge in [-0.25, -0.2) is 0 Å². The average Bonchev–Trinajstić information content (AvgIpc) is 2.73. The van der Waals surface area contributed by atoms with Crippen LogP contribution in [0.3, 0.4) is 0 Å². The molecule has 0 aromatic heterocycles. The van der Waals surface area contributed by atoms with E-state index >= 15 is 0 Å². The van der Waals surface area contributed by atoms with Crippen molar-refractivity contribution in [3.05, 3.63) is 0 Å². The first-order valence-electron chi connectivity index (χ1n) is 4.32. The lowest BCUT2D eigenvalue weighted by Crippen LogP contribution is -2.38. The molecule has 0 saturated heterocycles. The molecule has 1 atom stereocenters. The predicted molar refractivity (Wildman–Crippen MR) is 43.9 cm³/mol. The Kier molecular flexibility index (Phi) is 3.16. The molecule has 1 fully saturated rings. The van der Waals surface area contributed by atoms with Crippen LogP contribution < -0.4 is 11.1 Å². The molecule has 1 aliphatic carbocycles. The van der Waals surface area contributed by atoms with Crippen molar-refractivity contribution < 1.29 is 0 Å². The van der Waals surface area contributed by atoms with Crippen LogP contribution in [0, 0.1) is 5.92 Å². The molecule has 2 heteroatoms. The molecule has 0 aromatic carbocycles. The van der Waals surface area contributed by atoms with Crippen molar-refractivity contribution in [3.8, 4) is 0 Å². The van der Waals surface area contributed by atoms with E-state index in [2.05, 4.69) is 12.2 Å². The van der Waals surface area contributed by atoms with Crippen LogP contribution >= 0.6 is 0 Å². The molecule has 1 rings (SSSR count). The molecule has 0 bridgehead atoms. The highest BCUT2D eigenvalue weighted by molar-refractivity contribution is 4.86. The Hall–Kier alpha value is -0.0800. The van der Waals surface area contributed by atoms with E-state index in [4.69, 9.17) is 5.73 Å². The topological polar surface area (TPSA) is 38.0 Å². The summed E-state index contributed by atoms with van der Waals surface area (Å²) in [6, 6.07) is 0.611. The van der Waals surface area contributed by atoms with Gasteiger partial charge in [0.15, 0.2) is 0 Å². The molecule has 1 saturated carbocycles. The molecule has 2 nitrogen and oxygen atoms in total. The average molecular weight is 142 g/mol. The molecule has 0 aromatic rings. The zero-order valence-electron chi connectivity index (χ0n) is 6.77. The second-order valence-corrected chi connectivity index (χ2v) is 3.13. The summed E-state index contributed by atoms with van der Waals surface area (Å²) in [5, 5.41) is 3.46. The summed E-state index contributed by atoms with van der Waals surface area (Å²) in [7, 11) is 0. The van der Waals surface area contributed by atoms with Crippen LogP contribution in [-0.4, -0.2) is 19.1 Å². The zero-order valence-corrected chi connectivity index (χ0v) is 6.77. The molecule has 3 N–H and O–H groups in total. The maximum atomic E-state index is 5.59. The van der Waals surface area contributed by atoms with Crippen LogP contribution in [0.15, 0.2) is 0 Å². The lowest BCUT2D eigenvalue weighted by atomic mass is 10.2.